The van der Waals surface area contributed by atoms with Gasteiger partial charge in [-0.3, -0.25) is 0 Å². The Morgan fingerprint density at radius 2 is 2.38 bits per heavy atom. The molecule has 1 aromatic rings. The molecule has 1 heterocycles. The summed E-state index contributed by atoms with van der Waals surface area (Å²) in [5, 5.41) is 4.03. The van der Waals surface area contributed by atoms with E-state index in [1.165, 1.54) is 12.8 Å². The third-order valence-electron chi connectivity index (χ3n) is 2.90. The molecular formula is C12H17ClN2O. The fraction of sp³-hybridized carbons (Fsp3) is 0.583. The number of methoxy groups -OCH3 is 1. The van der Waals surface area contributed by atoms with E-state index in [0.717, 1.165) is 23.8 Å². The molecular weight excluding hydrogens is 224 g/mol. The van der Waals surface area contributed by atoms with Crippen LogP contribution < -0.4 is 5.32 Å². The summed E-state index contributed by atoms with van der Waals surface area (Å²) in [6, 6.07) is 2.42. The zero-order valence-corrected chi connectivity index (χ0v) is 10.4. The molecule has 0 bridgehead atoms. The maximum Gasteiger partial charge on any atom is 0.132 e. The second-order valence-electron chi connectivity index (χ2n) is 4.38. The van der Waals surface area contributed by atoms with Gasteiger partial charge in [-0.05, 0) is 37.3 Å². The van der Waals surface area contributed by atoms with Gasteiger partial charge < -0.3 is 10.1 Å². The smallest absolute Gasteiger partial charge is 0.132 e. The normalized spacial score (nSPS) is 17.2. The minimum Gasteiger partial charge on any atom is -0.383 e. The number of rotatable bonds is 5. The van der Waals surface area contributed by atoms with Crippen LogP contribution >= 0.6 is 11.6 Å². The molecule has 2 rings (SSSR count). The maximum atomic E-state index is 5.89. The first kappa shape index (κ1) is 11.7. The SMILES string of the molecule is COCC(Nc1cnc(Cl)c(C)c1)C1CC1. The van der Waals surface area contributed by atoms with Gasteiger partial charge in [-0.25, -0.2) is 4.98 Å². The Balaban J connectivity index is 2.03. The number of hydrogen-bond acceptors (Lipinski definition) is 3. The largest absolute Gasteiger partial charge is 0.383 e. The van der Waals surface area contributed by atoms with Crippen molar-refractivity contribution in [1.29, 1.82) is 0 Å². The second-order valence-corrected chi connectivity index (χ2v) is 4.73. The highest BCUT2D eigenvalue weighted by atomic mass is 35.5. The molecule has 0 aromatic carbocycles. The van der Waals surface area contributed by atoms with Crippen molar-refractivity contribution in [3.63, 3.8) is 0 Å². The highest BCUT2D eigenvalue weighted by molar-refractivity contribution is 6.30. The summed E-state index contributed by atoms with van der Waals surface area (Å²) >= 11 is 5.89. The summed E-state index contributed by atoms with van der Waals surface area (Å²) in [7, 11) is 1.74. The molecule has 4 heteroatoms. The van der Waals surface area contributed by atoms with E-state index in [0.29, 0.717) is 11.2 Å². The Morgan fingerprint density at radius 3 is 2.94 bits per heavy atom. The van der Waals surface area contributed by atoms with E-state index in [4.69, 9.17) is 16.3 Å². The Bertz CT molecular complexity index is 366. The van der Waals surface area contributed by atoms with Crippen molar-refractivity contribution in [3.05, 3.63) is 23.0 Å². The minimum absolute atomic E-state index is 0.396. The molecule has 1 aliphatic rings. The fourth-order valence-corrected chi connectivity index (χ4v) is 1.93. The van der Waals surface area contributed by atoms with Crippen LogP contribution in [0.3, 0.4) is 0 Å². The maximum absolute atomic E-state index is 5.89. The summed E-state index contributed by atoms with van der Waals surface area (Å²) in [6.45, 7) is 2.70. The van der Waals surface area contributed by atoms with Crippen LogP contribution in [0.25, 0.3) is 0 Å². The molecule has 0 radical (unpaired) electrons. The highest BCUT2D eigenvalue weighted by Gasteiger charge is 2.31. The first-order valence-corrected chi connectivity index (χ1v) is 5.96. The van der Waals surface area contributed by atoms with Crippen molar-refractivity contribution < 1.29 is 4.74 Å². The summed E-state index contributed by atoms with van der Waals surface area (Å²) < 4.78 is 5.22. The molecule has 1 atom stereocenters. The quantitative estimate of drug-likeness (QED) is 0.804. The molecule has 0 saturated heterocycles. The number of nitrogens with one attached hydrogen (secondary N) is 1. The Kier molecular flexibility index (Phi) is 3.66. The van der Waals surface area contributed by atoms with Crippen LogP contribution in [-0.2, 0) is 4.74 Å². The zero-order chi connectivity index (χ0) is 11.5. The Labute approximate surface area is 101 Å². The third-order valence-corrected chi connectivity index (χ3v) is 3.30. The Morgan fingerprint density at radius 1 is 1.62 bits per heavy atom. The summed E-state index contributed by atoms with van der Waals surface area (Å²) in [5.41, 5.74) is 2.02. The van der Waals surface area contributed by atoms with Crippen molar-refractivity contribution in [2.45, 2.75) is 25.8 Å². The molecule has 1 N–H and O–H groups in total. The van der Waals surface area contributed by atoms with E-state index >= 15 is 0 Å². The number of anilines is 1. The number of hydrogen-bond donors (Lipinski definition) is 1. The molecule has 3 nitrogen and oxygen atoms in total. The van der Waals surface area contributed by atoms with Crippen molar-refractivity contribution in [3.8, 4) is 0 Å². The number of aryl methyl sites for hydroxylation is 1. The lowest BCUT2D eigenvalue weighted by molar-refractivity contribution is 0.179. The molecule has 0 aliphatic heterocycles. The number of halogens is 1. The third kappa shape index (κ3) is 2.86. The van der Waals surface area contributed by atoms with Gasteiger partial charge in [0.25, 0.3) is 0 Å². The monoisotopic (exact) mass is 240 g/mol. The van der Waals surface area contributed by atoms with Gasteiger partial charge in [0, 0.05) is 7.11 Å². The van der Waals surface area contributed by atoms with Crippen LogP contribution in [0.5, 0.6) is 0 Å². The average Bonchev–Trinajstić information content (AvgIpc) is 3.06. The molecule has 16 heavy (non-hydrogen) atoms. The first-order valence-electron chi connectivity index (χ1n) is 5.58. The lowest BCUT2D eigenvalue weighted by Crippen LogP contribution is -2.27. The van der Waals surface area contributed by atoms with Crippen LogP contribution in [-0.4, -0.2) is 24.7 Å². The minimum atomic E-state index is 0.396. The van der Waals surface area contributed by atoms with E-state index in [1.54, 1.807) is 13.3 Å². The van der Waals surface area contributed by atoms with Gasteiger partial charge in [0.15, 0.2) is 0 Å². The van der Waals surface area contributed by atoms with Crippen LogP contribution in [0.15, 0.2) is 12.3 Å². The molecule has 1 saturated carbocycles. The molecule has 1 unspecified atom stereocenters. The van der Waals surface area contributed by atoms with Crippen LogP contribution in [0.2, 0.25) is 5.15 Å². The van der Waals surface area contributed by atoms with Crippen molar-refractivity contribution >= 4 is 17.3 Å². The van der Waals surface area contributed by atoms with Gasteiger partial charge in [0.2, 0.25) is 0 Å². The van der Waals surface area contributed by atoms with Crippen molar-refractivity contribution in [2.75, 3.05) is 19.0 Å². The number of ether oxygens (including phenoxy) is 1. The van der Waals surface area contributed by atoms with Crippen LogP contribution in [0, 0.1) is 12.8 Å². The summed E-state index contributed by atoms with van der Waals surface area (Å²) in [4.78, 5) is 4.13. The second kappa shape index (κ2) is 5.02. The summed E-state index contributed by atoms with van der Waals surface area (Å²) in [6.07, 6.45) is 4.36. The molecule has 1 fully saturated rings. The van der Waals surface area contributed by atoms with Crippen molar-refractivity contribution in [2.24, 2.45) is 5.92 Å². The topological polar surface area (TPSA) is 34.1 Å². The van der Waals surface area contributed by atoms with Gasteiger partial charge in [-0.15, -0.1) is 0 Å². The Hall–Kier alpha value is -0.800. The van der Waals surface area contributed by atoms with Gasteiger partial charge in [-0.1, -0.05) is 11.6 Å². The predicted molar refractivity (Wildman–Crippen MR) is 66.0 cm³/mol. The molecule has 1 aliphatic carbocycles. The van der Waals surface area contributed by atoms with E-state index in [1.807, 2.05) is 13.0 Å². The molecule has 1 aromatic heterocycles. The van der Waals surface area contributed by atoms with E-state index in [9.17, 15) is 0 Å². The first-order chi connectivity index (χ1) is 7.70. The zero-order valence-electron chi connectivity index (χ0n) is 9.66. The van der Waals surface area contributed by atoms with Gasteiger partial charge in [-0.2, -0.15) is 0 Å². The fourth-order valence-electron chi connectivity index (χ4n) is 1.82. The van der Waals surface area contributed by atoms with Crippen LogP contribution in [0.4, 0.5) is 5.69 Å². The molecule has 88 valence electrons. The standard InChI is InChI=1S/C12H17ClN2O/c1-8-5-10(6-14-12(8)13)15-11(7-16-2)9-3-4-9/h5-6,9,11,15H,3-4,7H2,1-2H3. The summed E-state index contributed by atoms with van der Waals surface area (Å²) in [5.74, 6) is 0.746. The van der Waals surface area contributed by atoms with E-state index in [2.05, 4.69) is 10.3 Å². The predicted octanol–water partition coefficient (Wildman–Crippen LogP) is 2.88. The molecule has 0 amide bonds. The lowest BCUT2D eigenvalue weighted by Gasteiger charge is -2.18. The number of pyridine rings is 1. The van der Waals surface area contributed by atoms with Gasteiger partial charge in [0.05, 0.1) is 24.5 Å². The molecule has 0 spiro atoms. The van der Waals surface area contributed by atoms with Gasteiger partial charge >= 0.3 is 0 Å². The number of nitrogens with zero attached hydrogens (tertiary/aromatic N) is 1. The van der Waals surface area contributed by atoms with E-state index < -0.39 is 0 Å². The lowest BCUT2D eigenvalue weighted by atomic mass is 10.2. The number of aromatic nitrogens is 1. The van der Waals surface area contributed by atoms with Crippen LogP contribution in [0.1, 0.15) is 18.4 Å². The van der Waals surface area contributed by atoms with E-state index in [-0.39, 0.29) is 0 Å². The van der Waals surface area contributed by atoms with Gasteiger partial charge in [0.1, 0.15) is 5.15 Å². The van der Waals surface area contributed by atoms with Crippen molar-refractivity contribution in [1.82, 2.24) is 4.98 Å². The average molecular weight is 241 g/mol. The highest BCUT2D eigenvalue weighted by Crippen LogP contribution is 2.34.